The van der Waals surface area contributed by atoms with Crippen molar-refractivity contribution < 1.29 is 25.2 Å². The van der Waals surface area contributed by atoms with Gasteiger partial charge in [0, 0.05) is 26.4 Å². The average molecular weight is 280 g/mol. The predicted molar refractivity (Wildman–Crippen MR) is 76.4 cm³/mol. The van der Waals surface area contributed by atoms with Crippen LogP contribution in [0.2, 0.25) is 0 Å². The molecule has 0 unspecified atom stereocenters. The molecule has 0 atom stereocenters. The van der Waals surface area contributed by atoms with Crippen LogP contribution in [0.3, 0.4) is 0 Å². The molecule has 19 heavy (non-hydrogen) atoms. The lowest BCUT2D eigenvalue weighted by Crippen LogP contribution is -1.89. The zero-order valence-corrected chi connectivity index (χ0v) is 12.1. The third kappa shape index (κ3) is 20.3. The third-order valence-corrected chi connectivity index (χ3v) is 2.75. The smallest absolute Gasteiger partial charge is 0.0662 e. The molecular formula is C14H32O5. The largest absolute Gasteiger partial charge is 0.412 e. The molecule has 2 fully saturated rings. The first kappa shape index (κ1) is 21.1. The standard InChI is InChI=1S/2C6H12O.C2H6O2.H2O/c2*1-2-4-6-7-5-3-1;3-1-2-4;/h2*1-6H2;3-4H,1-2H2;1H2. The molecule has 0 radical (unpaired) electrons. The van der Waals surface area contributed by atoms with Gasteiger partial charge in [0.25, 0.3) is 0 Å². The monoisotopic (exact) mass is 280 g/mol. The highest BCUT2D eigenvalue weighted by molar-refractivity contribution is 4.47. The van der Waals surface area contributed by atoms with Crippen LogP contribution in [0.1, 0.15) is 51.4 Å². The van der Waals surface area contributed by atoms with Crippen molar-refractivity contribution in [3.05, 3.63) is 0 Å². The molecular weight excluding hydrogens is 248 g/mol. The second-order valence-corrected chi connectivity index (χ2v) is 4.50. The Morgan fingerprint density at radius 2 is 0.789 bits per heavy atom. The summed E-state index contributed by atoms with van der Waals surface area (Å²) in [6.07, 6.45) is 10.6. The number of aliphatic hydroxyl groups excluding tert-OH is 2. The van der Waals surface area contributed by atoms with Gasteiger partial charge in [0.15, 0.2) is 0 Å². The molecule has 0 aromatic heterocycles. The van der Waals surface area contributed by atoms with Gasteiger partial charge in [0.1, 0.15) is 0 Å². The lowest BCUT2D eigenvalue weighted by atomic mass is 10.2. The van der Waals surface area contributed by atoms with Crippen LogP contribution >= 0.6 is 0 Å². The number of hydrogen-bond donors (Lipinski definition) is 2. The zero-order valence-electron chi connectivity index (χ0n) is 12.1. The van der Waals surface area contributed by atoms with E-state index in [0.717, 1.165) is 26.4 Å². The van der Waals surface area contributed by atoms with Crippen LogP contribution in [-0.4, -0.2) is 55.3 Å². The highest BCUT2D eigenvalue weighted by Crippen LogP contribution is 2.05. The highest BCUT2D eigenvalue weighted by atomic mass is 16.5. The first-order valence-electron chi connectivity index (χ1n) is 7.29. The van der Waals surface area contributed by atoms with Gasteiger partial charge in [-0.15, -0.1) is 0 Å². The van der Waals surface area contributed by atoms with Crippen molar-refractivity contribution in [1.29, 1.82) is 0 Å². The molecule has 2 heterocycles. The SMILES string of the molecule is C1CCCOCC1.C1CCCOCC1.O.OCCO. The van der Waals surface area contributed by atoms with Gasteiger partial charge >= 0.3 is 0 Å². The van der Waals surface area contributed by atoms with E-state index in [1.165, 1.54) is 51.4 Å². The van der Waals surface area contributed by atoms with Crippen molar-refractivity contribution in [3.8, 4) is 0 Å². The van der Waals surface area contributed by atoms with Gasteiger partial charge in [-0.25, -0.2) is 0 Å². The van der Waals surface area contributed by atoms with Crippen LogP contribution < -0.4 is 0 Å². The van der Waals surface area contributed by atoms with Gasteiger partial charge in [0.05, 0.1) is 13.2 Å². The highest BCUT2D eigenvalue weighted by Gasteiger charge is 1.95. The fraction of sp³-hybridized carbons (Fsp3) is 1.00. The van der Waals surface area contributed by atoms with Crippen LogP contribution in [0.5, 0.6) is 0 Å². The van der Waals surface area contributed by atoms with E-state index in [4.69, 9.17) is 19.7 Å². The van der Waals surface area contributed by atoms with E-state index in [9.17, 15) is 0 Å². The molecule has 2 aliphatic heterocycles. The Bertz CT molecular complexity index is 88.5. The van der Waals surface area contributed by atoms with Crippen LogP contribution in [0, 0.1) is 0 Å². The molecule has 0 aromatic carbocycles. The van der Waals surface area contributed by atoms with Gasteiger partial charge < -0.3 is 25.2 Å². The van der Waals surface area contributed by atoms with Gasteiger partial charge in [-0.1, -0.05) is 25.7 Å². The molecule has 5 heteroatoms. The lowest BCUT2D eigenvalue weighted by molar-refractivity contribution is 0.144. The van der Waals surface area contributed by atoms with Crippen molar-refractivity contribution in [3.63, 3.8) is 0 Å². The van der Waals surface area contributed by atoms with E-state index in [-0.39, 0.29) is 18.7 Å². The summed E-state index contributed by atoms with van der Waals surface area (Å²) in [7, 11) is 0. The Kier molecular flexibility index (Phi) is 22.4. The first-order valence-corrected chi connectivity index (χ1v) is 7.29. The second kappa shape index (κ2) is 20.1. The lowest BCUT2D eigenvalue weighted by Gasteiger charge is -1.91. The summed E-state index contributed by atoms with van der Waals surface area (Å²) in [4.78, 5) is 0. The van der Waals surface area contributed by atoms with E-state index < -0.39 is 0 Å². The first-order chi connectivity index (χ1) is 8.91. The summed E-state index contributed by atoms with van der Waals surface area (Å²) < 4.78 is 10.4. The molecule has 118 valence electrons. The molecule has 0 amide bonds. The maximum Gasteiger partial charge on any atom is 0.0662 e. The normalized spacial score (nSPS) is 19.3. The maximum absolute atomic E-state index is 7.62. The molecule has 5 nitrogen and oxygen atoms in total. The molecule has 0 spiro atoms. The van der Waals surface area contributed by atoms with Crippen molar-refractivity contribution in [1.82, 2.24) is 0 Å². The molecule has 2 aliphatic rings. The fourth-order valence-corrected chi connectivity index (χ4v) is 1.73. The Hall–Kier alpha value is -0.200. The molecule has 4 N–H and O–H groups in total. The molecule has 0 saturated carbocycles. The van der Waals surface area contributed by atoms with Crippen molar-refractivity contribution >= 4 is 0 Å². The molecule has 2 saturated heterocycles. The van der Waals surface area contributed by atoms with E-state index in [1.807, 2.05) is 0 Å². The zero-order chi connectivity index (χ0) is 13.3. The second-order valence-electron chi connectivity index (χ2n) is 4.50. The Labute approximate surface area is 117 Å². The van der Waals surface area contributed by atoms with Crippen LogP contribution in [0.4, 0.5) is 0 Å². The van der Waals surface area contributed by atoms with Gasteiger partial charge in [-0.3, -0.25) is 0 Å². The van der Waals surface area contributed by atoms with E-state index in [0.29, 0.717) is 0 Å². The summed E-state index contributed by atoms with van der Waals surface area (Å²) in [5, 5.41) is 15.2. The van der Waals surface area contributed by atoms with Crippen LogP contribution in [-0.2, 0) is 9.47 Å². The summed E-state index contributed by atoms with van der Waals surface area (Å²) in [5.41, 5.74) is 0. The minimum absolute atomic E-state index is 0. The Morgan fingerprint density at radius 1 is 0.526 bits per heavy atom. The average Bonchev–Trinajstić information content (AvgIpc) is 2.88. The molecule has 0 aromatic rings. The van der Waals surface area contributed by atoms with E-state index in [1.54, 1.807) is 0 Å². The molecule has 0 aliphatic carbocycles. The predicted octanol–water partition coefficient (Wildman–Crippen LogP) is 1.30. The number of aliphatic hydroxyl groups is 2. The minimum atomic E-state index is -0.125. The Morgan fingerprint density at radius 3 is 1.00 bits per heavy atom. The quantitative estimate of drug-likeness (QED) is 0.757. The van der Waals surface area contributed by atoms with Gasteiger partial charge in [0.2, 0.25) is 0 Å². The van der Waals surface area contributed by atoms with E-state index >= 15 is 0 Å². The van der Waals surface area contributed by atoms with Crippen LogP contribution in [0.15, 0.2) is 0 Å². The summed E-state index contributed by atoms with van der Waals surface area (Å²) >= 11 is 0. The van der Waals surface area contributed by atoms with Gasteiger partial charge in [-0.2, -0.15) is 0 Å². The number of ether oxygens (including phenoxy) is 2. The van der Waals surface area contributed by atoms with Crippen LogP contribution in [0.25, 0.3) is 0 Å². The maximum atomic E-state index is 7.62. The number of hydrogen-bond acceptors (Lipinski definition) is 4. The summed E-state index contributed by atoms with van der Waals surface area (Å²) in [6, 6.07) is 0. The molecule has 2 rings (SSSR count). The minimum Gasteiger partial charge on any atom is -0.412 e. The third-order valence-electron chi connectivity index (χ3n) is 2.75. The van der Waals surface area contributed by atoms with E-state index in [2.05, 4.69) is 0 Å². The summed E-state index contributed by atoms with van der Waals surface area (Å²) in [5.74, 6) is 0. The topological polar surface area (TPSA) is 90.4 Å². The fourth-order valence-electron chi connectivity index (χ4n) is 1.73. The summed E-state index contributed by atoms with van der Waals surface area (Å²) in [6.45, 7) is 3.75. The molecule has 0 bridgehead atoms. The van der Waals surface area contributed by atoms with Gasteiger partial charge in [-0.05, 0) is 25.7 Å². The van der Waals surface area contributed by atoms with Crippen molar-refractivity contribution in [2.45, 2.75) is 51.4 Å². The number of rotatable bonds is 1. The Balaban J connectivity index is 0. The van der Waals surface area contributed by atoms with Crippen molar-refractivity contribution in [2.75, 3.05) is 39.6 Å². The van der Waals surface area contributed by atoms with Crippen molar-refractivity contribution in [2.24, 2.45) is 0 Å².